The number of carbonyl (C=O) groups is 2. The quantitative estimate of drug-likeness (QED) is 0.698. The Kier molecular flexibility index (Phi) is 5.35. The van der Waals surface area contributed by atoms with E-state index in [1.807, 2.05) is 62.4 Å². The van der Waals surface area contributed by atoms with Gasteiger partial charge in [0.2, 0.25) is 0 Å². The van der Waals surface area contributed by atoms with Gasteiger partial charge in [-0.15, -0.1) is 0 Å². The molecule has 0 radical (unpaired) electrons. The zero-order valence-corrected chi connectivity index (χ0v) is 15.4. The van der Waals surface area contributed by atoms with Crippen molar-refractivity contribution < 1.29 is 14.3 Å². The highest BCUT2D eigenvalue weighted by atomic mass is 16.5. The van der Waals surface area contributed by atoms with Gasteiger partial charge >= 0.3 is 0 Å². The van der Waals surface area contributed by atoms with Crippen LogP contribution >= 0.6 is 0 Å². The predicted octanol–water partition coefficient (Wildman–Crippen LogP) is 3.08. The fourth-order valence-electron chi connectivity index (χ4n) is 2.57. The zero-order valence-electron chi connectivity index (χ0n) is 15.4. The minimum Gasteiger partial charge on any atom is -0.481 e. The van der Waals surface area contributed by atoms with E-state index in [2.05, 4.69) is 15.8 Å². The van der Waals surface area contributed by atoms with Gasteiger partial charge in [-0.2, -0.15) is 0 Å². The van der Waals surface area contributed by atoms with E-state index in [1.165, 1.54) is 0 Å². The largest absolute Gasteiger partial charge is 0.481 e. The molecule has 0 bridgehead atoms. The van der Waals surface area contributed by atoms with Crippen molar-refractivity contribution in [2.45, 2.75) is 26.9 Å². The maximum Gasteiger partial charge on any atom is 0.288 e. The van der Waals surface area contributed by atoms with Crippen LogP contribution in [0.15, 0.2) is 54.6 Å². The number of hydrogen-bond donors (Lipinski definition) is 2. The number of hydrogen-bond acceptors (Lipinski definition) is 4. The number of aryl methyl sites for hydroxylation is 1. The Morgan fingerprint density at radius 1 is 0.963 bits per heavy atom. The summed E-state index contributed by atoms with van der Waals surface area (Å²) in [4.78, 5) is 28.8. The van der Waals surface area contributed by atoms with Gasteiger partial charge in [-0.25, -0.2) is 4.98 Å². The summed E-state index contributed by atoms with van der Waals surface area (Å²) < 4.78 is 5.70. The van der Waals surface area contributed by atoms with Crippen LogP contribution in [0.2, 0.25) is 0 Å². The summed E-state index contributed by atoms with van der Waals surface area (Å²) in [5.74, 6) is -0.307. The van der Waals surface area contributed by atoms with Crippen LogP contribution in [0.5, 0.6) is 5.75 Å². The molecule has 2 aromatic carbocycles. The molecule has 27 heavy (non-hydrogen) atoms. The topological polar surface area (TPSA) is 80.3 Å². The van der Waals surface area contributed by atoms with Gasteiger partial charge in [0.05, 0.1) is 5.52 Å². The van der Waals surface area contributed by atoms with Crippen molar-refractivity contribution in [3.8, 4) is 5.75 Å². The number of para-hydroxylation sites is 1. The Morgan fingerprint density at radius 2 is 1.74 bits per heavy atom. The van der Waals surface area contributed by atoms with Crippen LogP contribution in [0.25, 0.3) is 10.9 Å². The number of ether oxygens (including phenoxy) is 1. The van der Waals surface area contributed by atoms with E-state index in [0.717, 1.165) is 16.5 Å². The molecule has 2 amide bonds. The second kappa shape index (κ2) is 7.86. The molecule has 1 unspecified atom stereocenters. The molecule has 1 aromatic heterocycles. The first-order valence-corrected chi connectivity index (χ1v) is 8.64. The van der Waals surface area contributed by atoms with Gasteiger partial charge in [0.15, 0.2) is 6.10 Å². The van der Waals surface area contributed by atoms with Gasteiger partial charge in [-0.3, -0.25) is 20.4 Å². The van der Waals surface area contributed by atoms with Gasteiger partial charge in [0.1, 0.15) is 11.4 Å². The molecule has 0 spiro atoms. The van der Waals surface area contributed by atoms with Gasteiger partial charge < -0.3 is 4.74 Å². The Balaban J connectivity index is 1.60. The average Bonchev–Trinajstić information content (AvgIpc) is 2.68. The molecule has 0 aliphatic rings. The van der Waals surface area contributed by atoms with Crippen LogP contribution in [0.1, 0.15) is 28.5 Å². The van der Waals surface area contributed by atoms with Crippen molar-refractivity contribution in [1.29, 1.82) is 0 Å². The lowest BCUT2D eigenvalue weighted by Crippen LogP contribution is -2.47. The van der Waals surface area contributed by atoms with Crippen molar-refractivity contribution in [3.05, 3.63) is 71.4 Å². The molecule has 3 aromatic rings. The van der Waals surface area contributed by atoms with E-state index in [-0.39, 0.29) is 5.69 Å². The minimum atomic E-state index is -0.768. The third kappa shape index (κ3) is 4.23. The molecular weight excluding hydrogens is 342 g/mol. The molecular formula is C21H21N3O3. The van der Waals surface area contributed by atoms with Gasteiger partial charge in [0, 0.05) is 5.39 Å². The summed E-state index contributed by atoms with van der Waals surface area (Å²) in [6.07, 6.45) is -0.768. The number of amides is 2. The monoisotopic (exact) mass is 363 g/mol. The first-order valence-electron chi connectivity index (χ1n) is 8.64. The number of nitrogens with one attached hydrogen (secondary N) is 2. The van der Waals surface area contributed by atoms with Crippen LogP contribution in [-0.2, 0) is 4.79 Å². The molecule has 0 aliphatic heterocycles. The van der Waals surface area contributed by atoms with E-state index in [4.69, 9.17) is 4.74 Å². The van der Waals surface area contributed by atoms with E-state index >= 15 is 0 Å². The molecule has 6 nitrogen and oxygen atoms in total. The molecule has 0 fully saturated rings. The number of benzene rings is 2. The van der Waals surface area contributed by atoms with Crippen molar-refractivity contribution in [1.82, 2.24) is 15.8 Å². The van der Waals surface area contributed by atoms with E-state index in [9.17, 15) is 9.59 Å². The summed E-state index contributed by atoms with van der Waals surface area (Å²) in [5, 5.41) is 0.939. The lowest BCUT2D eigenvalue weighted by molar-refractivity contribution is -0.128. The molecule has 6 heteroatoms. The normalized spacial score (nSPS) is 11.7. The average molecular weight is 363 g/mol. The molecule has 1 heterocycles. The molecule has 2 N–H and O–H groups in total. The molecule has 0 saturated heterocycles. The Morgan fingerprint density at radius 3 is 2.56 bits per heavy atom. The molecule has 0 saturated carbocycles. The minimum absolute atomic E-state index is 0.220. The lowest BCUT2D eigenvalue weighted by Gasteiger charge is -2.17. The summed E-state index contributed by atoms with van der Waals surface area (Å²) >= 11 is 0. The highest BCUT2D eigenvalue weighted by Crippen LogP contribution is 2.21. The number of carbonyl (C=O) groups excluding carboxylic acids is 2. The van der Waals surface area contributed by atoms with Crippen molar-refractivity contribution >= 4 is 22.7 Å². The number of hydrazine groups is 1. The SMILES string of the molecule is Cc1cccc(OC(C)C(=O)NNC(=O)c2ccc3ccccc3n2)c1C. The Labute approximate surface area is 157 Å². The van der Waals surface area contributed by atoms with E-state index in [0.29, 0.717) is 11.3 Å². The maximum atomic E-state index is 12.2. The fraction of sp³-hybridized carbons (Fsp3) is 0.190. The van der Waals surface area contributed by atoms with Crippen LogP contribution < -0.4 is 15.6 Å². The lowest BCUT2D eigenvalue weighted by atomic mass is 10.1. The van der Waals surface area contributed by atoms with Crippen LogP contribution in [0.3, 0.4) is 0 Å². The Hall–Kier alpha value is -3.41. The highest BCUT2D eigenvalue weighted by Gasteiger charge is 2.17. The number of fused-ring (bicyclic) bond motifs is 1. The number of pyridine rings is 1. The molecule has 0 aliphatic carbocycles. The molecule has 138 valence electrons. The van der Waals surface area contributed by atoms with Crippen LogP contribution in [-0.4, -0.2) is 22.9 Å². The van der Waals surface area contributed by atoms with Crippen LogP contribution in [0, 0.1) is 13.8 Å². The zero-order chi connectivity index (χ0) is 19.4. The summed E-state index contributed by atoms with van der Waals surface area (Å²) in [7, 11) is 0. The second-order valence-electron chi connectivity index (χ2n) is 6.29. The van der Waals surface area contributed by atoms with Crippen molar-refractivity contribution in [3.63, 3.8) is 0 Å². The highest BCUT2D eigenvalue weighted by molar-refractivity contribution is 5.96. The first-order chi connectivity index (χ1) is 13.0. The molecule has 3 rings (SSSR count). The van der Waals surface area contributed by atoms with Crippen molar-refractivity contribution in [2.75, 3.05) is 0 Å². The standard InChI is InChI=1S/C21H21N3O3/c1-13-7-6-10-19(14(13)2)27-15(3)20(25)23-24-21(26)18-12-11-16-8-4-5-9-17(16)22-18/h4-12,15H,1-3H3,(H,23,25)(H,24,26). The number of nitrogens with zero attached hydrogens (tertiary/aromatic N) is 1. The van der Waals surface area contributed by atoms with Crippen molar-refractivity contribution in [2.24, 2.45) is 0 Å². The summed E-state index contributed by atoms with van der Waals surface area (Å²) in [6.45, 7) is 5.53. The second-order valence-corrected chi connectivity index (χ2v) is 6.29. The summed E-state index contributed by atoms with van der Waals surface area (Å²) in [6, 6.07) is 16.6. The smallest absolute Gasteiger partial charge is 0.288 e. The Bertz CT molecular complexity index is 1000. The molecule has 1 atom stereocenters. The predicted molar refractivity (Wildman–Crippen MR) is 103 cm³/mol. The first kappa shape index (κ1) is 18.4. The third-order valence-corrected chi connectivity index (χ3v) is 4.36. The summed E-state index contributed by atoms with van der Waals surface area (Å²) in [5.41, 5.74) is 7.74. The third-order valence-electron chi connectivity index (χ3n) is 4.36. The van der Waals surface area contributed by atoms with E-state index in [1.54, 1.807) is 13.0 Å². The van der Waals surface area contributed by atoms with Gasteiger partial charge in [-0.1, -0.05) is 36.4 Å². The number of rotatable bonds is 4. The van der Waals surface area contributed by atoms with Gasteiger partial charge in [-0.05, 0) is 50.1 Å². The number of aromatic nitrogens is 1. The maximum absolute atomic E-state index is 12.2. The van der Waals surface area contributed by atoms with Gasteiger partial charge in [0.25, 0.3) is 11.8 Å². The van der Waals surface area contributed by atoms with Crippen LogP contribution in [0.4, 0.5) is 0 Å². The van der Waals surface area contributed by atoms with E-state index < -0.39 is 17.9 Å². The fourth-order valence-corrected chi connectivity index (χ4v) is 2.57.